The Hall–Kier alpha value is -4.26. The van der Waals surface area contributed by atoms with Crippen molar-refractivity contribution < 1.29 is 4.79 Å². The average Bonchev–Trinajstić information content (AvgIpc) is 3.59. The maximum absolute atomic E-state index is 13.0. The van der Waals surface area contributed by atoms with Crippen LogP contribution in [0.25, 0.3) is 33.5 Å². The van der Waals surface area contributed by atoms with E-state index in [4.69, 9.17) is 0 Å². The van der Waals surface area contributed by atoms with Crippen molar-refractivity contribution in [2.75, 3.05) is 0 Å². The van der Waals surface area contributed by atoms with Gasteiger partial charge < -0.3 is 5.32 Å². The molecule has 0 aliphatic heterocycles. The Morgan fingerprint density at radius 2 is 1.91 bits per heavy atom. The van der Waals surface area contributed by atoms with Crippen LogP contribution in [-0.4, -0.2) is 31.3 Å². The summed E-state index contributed by atoms with van der Waals surface area (Å²) in [5.41, 5.74) is 6.67. The molecule has 3 aromatic carbocycles. The Morgan fingerprint density at radius 3 is 2.81 bits per heavy atom. The zero-order valence-electron chi connectivity index (χ0n) is 17.2. The minimum atomic E-state index is -0.0734. The molecular formula is C25H20N6O. The second-order valence-corrected chi connectivity index (χ2v) is 8.01. The summed E-state index contributed by atoms with van der Waals surface area (Å²) in [6.45, 7) is 0. The van der Waals surface area contributed by atoms with Crippen LogP contribution in [0.2, 0.25) is 0 Å². The first-order valence-electron chi connectivity index (χ1n) is 10.6. The number of hydrogen-bond acceptors (Lipinski definition) is 4. The van der Waals surface area contributed by atoms with E-state index in [9.17, 15) is 4.79 Å². The van der Waals surface area contributed by atoms with Crippen LogP contribution >= 0.6 is 0 Å². The first-order chi connectivity index (χ1) is 15.8. The highest BCUT2D eigenvalue weighted by Crippen LogP contribution is 2.32. The van der Waals surface area contributed by atoms with E-state index in [1.807, 2.05) is 48.5 Å². The van der Waals surface area contributed by atoms with Crippen LogP contribution in [0.4, 0.5) is 0 Å². The van der Waals surface area contributed by atoms with E-state index in [0.29, 0.717) is 11.4 Å². The van der Waals surface area contributed by atoms with Gasteiger partial charge in [-0.3, -0.25) is 15.0 Å². The fourth-order valence-corrected chi connectivity index (χ4v) is 4.48. The SMILES string of the molecule is O=C(N[C@H]1CCc2ccccc21)c1cccc(-c2n[nH]c3ccc(-c4ncn[nH]4)cc23)c1. The highest BCUT2D eigenvalue weighted by Gasteiger charge is 2.24. The van der Waals surface area contributed by atoms with E-state index in [2.05, 4.69) is 48.9 Å². The number of benzene rings is 3. The van der Waals surface area contributed by atoms with Gasteiger partial charge in [0.05, 0.1) is 17.3 Å². The third-order valence-electron chi connectivity index (χ3n) is 6.09. The first-order valence-corrected chi connectivity index (χ1v) is 10.6. The summed E-state index contributed by atoms with van der Waals surface area (Å²) in [6, 6.07) is 21.9. The number of carbonyl (C=O) groups excluding carboxylic acids is 1. The van der Waals surface area contributed by atoms with Gasteiger partial charge in [-0.2, -0.15) is 10.2 Å². The summed E-state index contributed by atoms with van der Waals surface area (Å²) in [6.07, 6.45) is 3.41. The number of nitrogens with one attached hydrogen (secondary N) is 3. The Kier molecular flexibility index (Phi) is 4.31. The minimum Gasteiger partial charge on any atom is -0.345 e. The third kappa shape index (κ3) is 3.15. The highest BCUT2D eigenvalue weighted by molar-refractivity contribution is 5.99. The summed E-state index contributed by atoms with van der Waals surface area (Å²) < 4.78 is 0. The number of amides is 1. The number of rotatable bonds is 4. The molecule has 2 heterocycles. The lowest BCUT2D eigenvalue weighted by atomic mass is 10.0. The van der Waals surface area contributed by atoms with Crippen molar-refractivity contribution in [2.24, 2.45) is 0 Å². The van der Waals surface area contributed by atoms with Gasteiger partial charge in [-0.25, -0.2) is 4.98 Å². The van der Waals surface area contributed by atoms with Gasteiger partial charge in [0.1, 0.15) is 6.33 Å². The molecule has 32 heavy (non-hydrogen) atoms. The van der Waals surface area contributed by atoms with Gasteiger partial charge in [-0.15, -0.1) is 0 Å². The summed E-state index contributed by atoms with van der Waals surface area (Å²) in [4.78, 5) is 17.3. The highest BCUT2D eigenvalue weighted by atomic mass is 16.1. The minimum absolute atomic E-state index is 0.0537. The number of aromatic nitrogens is 5. The number of aromatic amines is 2. The van der Waals surface area contributed by atoms with Crippen molar-refractivity contribution >= 4 is 16.8 Å². The molecule has 0 spiro atoms. The van der Waals surface area contributed by atoms with E-state index in [1.165, 1.54) is 17.5 Å². The van der Waals surface area contributed by atoms with Crippen molar-refractivity contribution in [3.8, 4) is 22.6 Å². The summed E-state index contributed by atoms with van der Waals surface area (Å²) in [5, 5.41) is 18.6. The van der Waals surface area contributed by atoms with Gasteiger partial charge in [0.2, 0.25) is 0 Å². The molecule has 0 unspecified atom stereocenters. The fraction of sp³-hybridized carbons (Fsp3) is 0.120. The maximum Gasteiger partial charge on any atom is 0.251 e. The van der Waals surface area contributed by atoms with Crippen LogP contribution in [0, 0.1) is 0 Å². The molecule has 1 aliphatic carbocycles. The molecule has 0 bridgehead atoms. The summed E-state index contributed by atoms with van der Waals surface area (Å²) >= 11 is 0. The molecule has 7 nitrogen and oxygen atoms in total. The Labute approximate surface area is 183 Å². The molecule has 5 aromatic rings. The molecule has 0 saturated carbocycles. The second-order valence-electron chi connectivity index (χ2n) is 8.01. The van der Waals surface area contributed by atoms with Gasteiger partial charge in [0.15, 0.2) is 5.82 Å². The number of nitrogens with zero attached hydrogens (tertiary/aromatic N) is 3. The number of hydrogen-bond donors (Lipinski definition) is 3. The van der Waals surface area contributed by atoms with Crippen LogP contribution < -0.4 is 5.32 Å². The van der Waals surface area contributed by atoms with Gasteiger partial charge in [0.25, 0.3) is 5.91 Å². The number of aryl methyl sites for hydroxylation is 1. The van der Waals surface area contributed by atoms with Gasteiger partial charge in [-0.1, -0.05) is 36.4 Å². The zero-order valence-corrected chi connectivity index (χ0v) is 17.2. The zero-order chi connectivity index (χ0) is 21.5. The number of carbonyl (C=O) groups is 1. The standard InChI is InChI=1S/C25H20N6O/c32-25(28-21-10-8-15-4-1-2-7-19(15)21)18-6-3-5-16(12-18)23-20-13-17(24-26-14-27-31-24)9-11-22(20)29-30-23/h1-7,9,11-14,21H,8,10H2,(H,28,32)(H,29,30)(H,26,27,31)/t21-/m0/s1. The van der Waals surface area contributed by atoms with E-state index in [0.717, 1.165) is 40.6 Å². The fourth-order valence-electron chi connectivity index (χ4n) is 4.48. The van der Waals surface area contributed by atoms with Gasteiger partial charge in [-0.05, 0) is 54.3 Å². The van der Waals surface area contributed by atoms with E-state index < -0.39 is 0 Å². The van der Waals surface area contributed by atoms with Crippen molar-refractivity contribution in [1.29, 1.82) is 0 Å². The molecule has 7 heteroatoms. The maximum atomic E-state index is 13.0. The average molecular weight is 420 g/mol. The monoisotopic (exact) mass is 420 g/mol. The molecule has 1 amide bonds. The lowest BCUT2D eigenvalue weighted by Crippen LogP contribution is -2.27. The largest absolute Gasteiger partial charge is 0.345 e. The van der Waals surface area contributed by atoms with E-state index in [1.54, 1.807) is 0 Å². The molecule has 0 radical (unpaired) electrons. The van der Waals surface area contributed by atoms with Crippen LogP contribution in [0.3, 0.4) is 0 Å². The predicted molar refractivity (Wildman–Crippen MR) is 122 cm³/mol. The van der Waals surface area contributed by atoms with Gasteiger partial charge >= 0.3 is 0 Å². The third-order valence-corrected chi connectivity index (χ3v) is 6.09. The molecular weight excluding hydrogens is 400 g/mol. The van der Waals surface area contributed by atoms with Crippen molar-refractivity contribution in [3.63, 3.8) is 0 Å². The van der Waals surface area contributed by atoms with Crippen molar-refractivity contribution in [3.05, 3.63) is 89.7 Å². The lowest BCUT2D eigenvalue weighted by Gasteiger charge is -2.14. The van der Waals surface area contributed by atoms with Crippen LogP contribution in [0.5, 0.6) is 0 Å². The quantitative estimate of drug-likeness (QED) is 0.400. The first kappa shape index (κ1) is 18.5. The van der Waals surface area contributed by atoms with Crippen molar-refractivity contribution in [2.45, 2.75) is 18.9 Å². The van der Waals surface area contributed by atoms with E-state index >= 15 is 0 Å². The lowest BCUT2D eigenvalue weighted by molar-refractivity contribution is 0.0937. The van der Waals surface area contributed by atoms with Crippen LogP contribution in [0.15, 0.2) is 73.1 Å². The summed E-state index contributed by atoms with van der Waals surface area (Å²) in [7, 11) is 0. The molecule has 0 fully saturated rings. The molecule has 3 N–H and O–H groups in total. The molecule has 2 aromatic heterocycles. The Morgan fingerprint density at radius 1 is 0.969 bits per heavy atom. The second kappa shape index (κ2) is 7.46. The molecule has 6 rings (SSSR count). The predicted octanol–water partition coefficient (Wildman–Crippen LogP) is 4.43. The smallest absolute Gasteiger partial charge is 0.251 e. The number of fused-ring (bicyclic) bond motifs is 2. The molecule has 0 saturated heterocycles. The molecule has 156 valence electrons. The van der Waals surface area contributed by atoms with Crippen LogP contribution in [-0.2, 0) is 6.42 Å². The topological polar surface area (TPSA) is 99.3 Å². The number of H-pyrrole nitrogens is 2. The van der Waals surface area contributed by atoms with Gasteiger partial charge in [0, 0.05) is 22.1 Å². The summed E-state index contributed by atoms with van der Waals surface area (Å²) in [5.74, 6) is 0.625. The Bertz CT molecular complexity index is 1440. The molecule has 1 atom stereocenters. The Balaban J connectivity index is 1.31. The van der Waals surface area contributed by atoms with Crippen molar-refractivity contribution in [1.82, 2.24) is 30.7 Å². The normalized spacial score (nSPS) is 15.1. The van der Waals surface area contributed by atoms with Crippen LogP contribution in [0.1, 0.15) is 33.9 Å². The van der Waals surface area contributed by atoms with E-state index in [-0.39, 0.29) is 11.9 Å². The molecule has 1 aliphatic rings.